The number of hydrogen-bond donors (Lipinski definition) is 0. The zero-order valence-corrected chi connectivity index (χ0v) is 42.4. The fourth-order valence-electron chi connectivity index (χ4n) is 12.1. The predicted octanol–water partition coefficient (Wildman–Crippen LogP) is 11.0. The van der Waals surface area contributed by atoms with Gasteiger partial charge in [-0.3, -0.25) is 9.59 Å². The number of hydrogen-bond acceptors (Lipinski definition) is 2. The van der Waals surface area contributed by atoms with Gasteiger partial charge in [0.25, 0.3) is 11.8 Å². The molecule has 6 saturated heterocycles. The lowest BCUT2D eigenvalue weighted by Crippen LogP contribution is -2.76. The van der Waals surface area contributed by atoms with E-state index in [9.17, 15) is 9.59 Å². The van der Waals surface area contributed by atoms with Crippen molar-refractivity contribution in [3.05, 3.63) is 0 Å². The van der Waals surface area contributed by atoms with Crippen LogP contribution in [0.15, 0.2) is 0 Å². The molecule has 0 saturated carbocycles. The van der Waals surface area contributed by atoms with Crippen LogP contribution >= 0.6 is 0 Å². The normalized spacial score (nSPS) is 25.4. The van der Waals surface area contributed by atoms with E-state index >= 15 is 0 Å². The summed E-state index contributed by atoms with van der Waals surface area (Å²) in [6.45, 7) is 32.4. The van der Waals surface area contributed by atoms with Crippen LogP contribution in [0, 0.1) is 0 Å². The molecule has 62 heavy (non-hydrogen) atoms. The van der Waals surface area contributed by atoms with Crippen molar-refractivity contribution < 1.29 is 27.5 Å². The minimum atomic E-state index is 0.463. The lowest BCUT2D eigenvalue weighted by Gasteiger charge is -2.55. The topological polar surface area (TPSA) is 40.6 Å². The number of unbranched alkanes of at least 4 members (excludes halogenated alkanes) is 23. The number of fused-ring (bicyclic) bond motifs is 6. The highest BCUT2D eigenvalue weighted by molar-refractivity contribution is 5.77. The minimum absolute atomic E-state index is 0.463. The lowest BCUT2D eigenvalue weighted by atomic mass is 10.0. The van der Waals surface area contributed by atoms with Gasteiger partial charge in [0.05, 0.1) is 13.1 Å². The third kappa shape index (κ3) is 18.9. The summed E-state index contributed by atoms with van der Waals surface area (Å²) in [5.74, 6) is 0.926. The smallest absolute Gasteiger partial charge is 0.277 e. The molecule has 2 amide bonds. The highest BCUT2D eigenvalue weighted by Crippen LogP contribution is 2.30. The van der Waals surface area contributed by atoms with Crippen LogP contribution in [-0.4, -0.2) is 170 Å². The minimum Gasteiger partial charge on any atom is -0.338 e. The first kappa shape index (κ1) is 53.4. The van der Waals surface area contributed by atoms with E-state index in [0.717, 1.165) is 48.2 Å². The number of amides is 2. The highest BCUT2D eigenvalue weighted by Gasteiger charge is 2.51. The van der Waals surface area contributed by atoms with Crippen LogP contribution in [0.1, 0.15) is 207 Å². The predicted molar refractivity (Wildman–Crippen MR) is 264 cm³/mol. The summed E-state index contributed by atoms with van der Waals surface area (Å²) in [4.78, 5) is 32.5. The molecule has 0 unspecified atom stereocenters. The van der Waals surface area contributed by atoms with Gasteiger partial charge in [0, 0.05) is 26.2 Å². The van der Waals surface area contributed by atoms with Gasteiger partial charge in [-0.25, -0.2) is 0 Å². The number of carbonyl (C=O) groups excluding carboxylic acids is 2. The largest absolute Gasteiger partial charge is 0.338 e. The van der Waals surface area contributed by atoms with Crippen LogP contribution < -0.4 is 0 Å². The number of rotatable bonds is 39. The first-order valence-electron chi connectivity index (χ1n) is 28.2. The van der Waals surface area contributed by atoms with Gasteiger partial charge in [-0.05, 0) is 51.4 Å². The van der Waals surface area contributed by atoms with E-state index in [-0.39, 0.29) is 0 Å². The maximum absolute atomic E-state index is 13.9. The van der Waals surface area contributed by atoms with Gasteiger partial charge >= 0.3 is 0 Å². The van der Waals surface area contributed by atoms with Gasteiger partial charge < -0.3 is 27.7 Å². The molecule has 0 radical (unpaired) electrons. The van der Waals surface area contributed by atoms with E-state index in [1.54, 1.807) is 0 Å². The molecule has 6 aliphatic heterocycles. The van der Waals surface area contributed by atoms with Crippen LogP contribution in [0.3, 0.4) is 0 Å². The molecule has 0 atom stereocenters. The zero-order chi connectivity index (χ0) is 44.3. The molecule has 6 heterocycles. The molecule has 4 bridgehead atoms. The summed E-state index contributed by atoms with van der Waals surface area (Å²) in [7, 11) is 0. The third-order valence-electron chi connectivity index (χ3n) is 17.1. The second-order valence-corrected chi connectivity index (χ2v) is 22.1. The maximum Gasteiger partial charge on any atom is 0.277 e. The van der Waals surface area contributed by atoms with Gasteiger partial charge in [0.15, 0.2) is 13.1 Å². The summed E-state index contributed by atoms with van der Waals surface area (Å²) in [5.41, 5.74) is 0. The van der Waals surface area contributed by atoms with Crippen LogP contribution in [0.5, 0.6) is 0 Å². The van der Waals surface area contributed by atoms with E-state index < -0.39 is 0 Å². The van der Waals surface area contributed by atoms with Crippen molar-refractivity contribution in [3.63, 3.8) is 0 Å². The van der Waals surface area contributed by atoms with Gasteiger partial charge in [-0.1, -0.05) is 156 Å². The molecule has 0 spiro atoms. The van der Waals surface area contributed by atoms with Crippen molar-refractivity contribution in [1.82, 2.24) is 9.80 Å². The first-order valence-corrected chi connectivity index (χ1v) is 28.2. The molecular weight excluding hydrogens is 765 g/mol. The quantitative estimate of drug-likeness (QED) is 0.0456. The molecule has 8 heteroatoms. The summed E-state index contributed by atoms with van der Waals surface area (Å²) in [5, 5.41) is 0. The van der Waals surface area contributed by atoms with E-state index in [1.165, 1.54) is 280 Å². The van der Waals surface area contributed by atoms with E-state index in [1.807, 2.05) is 0 Å². The molecule has 0 aliphatic carbocycles. The van der Waals surface area contributed by atoms with Crippen LogP contribution in [0.4, 0.5) is 0 Å². The summed E-state index contributed by atoms with van der Waals surface area (Å²) in [6, 6.07) is 0. The van der Waals surface area contributed by atoms with Crippen LogP contribution in [0.2, 0.25) is 0 Å². The van der Waals surface area contributed by atoms with Crippen LogP contribution in [-0.2, 0) is 9.59 Å². The number of carbonyl (C=O) groups is 2. The second-order valence-electron chi connectivity index (χ2n) is 22.1. The van der Waals surface area contributed by atoms with Gasteiger partial charge in [0.2, 0.25) is 0 Å². The van der Waals surface area contributed by atoms with E-state index in [0.29, 0.717) is 11.8 Å². The number of quaternary nitrogens is 4. The summed E-state index contributed by atoms with van der Waals surface area (Å²) < 4.78 is 4.82. The fourth-order valence-corrected chi connectivity index (χ4v) is 12.1. The molecule has 6 rings (SSSR count). The number of piperazine rings is 6. The molecule has 0 aromatic rings. The Hall–Kier alpha value is -1.22. The fraction of sp³-hybridized carbons (Fsp3) is 0.963. The second kappa shape index (κ2) is 30.1. The Kier molecular flexibility index (Phi) is 26.0. The molecule has 8 nitrogen and oxygen atoms in total. The van der Waals surface area contributed by atoms with E-state index in [2.05, 4.69) is 37.5 Å². The Morgan fingerprint density at radius 1 is 0.290 bits per heavy atom. The van der Waals surface area contributed by atoms with Crippen molar-refractivity contribution in [1.29, 1.82) is 0 Å². The van der Waals surface area contributed by atoms with Crippen molar-refractivity contribution in [2.75, 3.05) is 131 Å². The molecule has 362 valence electrons. The third-order valence-corrected chi connectivity index (χ3v) is 17.1. The van der Waals surface area contributed by atoms with Gasteiger partial charge in [-0.2, -0.15) is 0 Å². The molecule has 0 aromatic heterocycles. The molecule has 0 aromatic carbocycles. The Balaban J connectivity index is 1.12. The Morgan fingerprint density at radius 3 is 0.758 bits per heavy atom. The maximum atomic E-state index is 13.9. The zero-order valence-electron chi connectivity index (χ0n) is 42.4. The van der Waals surface area contributed by atoms with Crippen molar-refractivity contribution in [3.8, 4) is 0 Å². The molecule has 6 fully saturated rings. The Labute approximate surface area is 386 Å². The first-order chi connectivity index (χ1) is 30.3. The average Bonchev–Trinajstić information content (AvgIpc) is 3.29. The lowest BCUT2D eigenvalue weighted by molar-refractivity contribution is -1.08. The molecular formula is C54H108N6O2+4. The van der Waals surface area contributed by atoms with Crippen LogP contribution in [0.25, 0.3) is 0 Å². The average molecular weight is 873 g/mol. The SMILES string of the molecule is CCCCCCCCN(CCCCCCCC)C(=O)C[N+]12CC[N+](CCCCCC[N+]34CC[N+](CC(=O)N(CCCCCCCC)CCCCCCCC)(CC3)CC4)(CC1)CC2. The van der Waals surface area contributed by atoms with Gasteiger partial charge in [-0.15, -0.1) is 0 Å². The highest BCUT2D eigenvalue weighted by atomic mass is 16.2. The molecule has 0 N–H and O–H groups in total. The Morgan fingerprint density at radius 2 is 0.500 bits per heavy atom. The summed E-state index contributed by atoms with van der Waals surface area (Å²) in [6.07, 6.45) is 36.7. The standard InChI is InChI=1S/C54H108N6O2/c1-5-9-13-17-21-27-33-55(34-28-22-18-14-10-6-2)53(61)51-59-45-39-57(40-46-59,41-47-59)37-31-25-26-32-38-58-42-48-60(49-43-58,50-44-58)52-54(62)56(35-29-23-19-15-11-7-3)36-30-24-20-16-12-8-4/h5-52H2,1-4H3/q+4. The van der Waals surface area contributed by atoms with Crippen molar-refractivity contribution >= 4 is 11.8 Å². The summed E-state index contributed by atoms with van der Waals surface area (Å²) >= 11 is 0. The molecule has 6 aliphatic rings. The number of nitrogens with zero attached hydrogens (tertiary/aromatic N) is 6. The van der Waals surface area contributed by atoms with Crippen molar-refractivity contribution in [2.45, 2.75) is 207 Å². The van der Waals surface area contributed by atoms with Gasteiger partial charge in [0.1, 0.15) is 78.5 Å². The van der Waals surface area contributed by atoms with Crippen molar-refractivity contribution in [2.24, 2.45) is 0 Å². The Bertz CT molecular complexity index is 1020. The monoisotopic (exact) mass is 873 g/mol. The van der Waals surface area contributed by atoms with E-state index in [4.69, 9.17) is 0 Å².